The highest BCUT2D eigenvalue weighted by Gasteiger charge is 2.10. The van der Waals surface area contributed by atoms with Gasteiger partial charge in [-0.25, -0.2) is 4.98 Å². The summed E-state index contributed by atoms with van der Waals surface area (Å²) in [6.45, 7) is 6.42. The predicted molar refractivity (Wildman–Crippen MR) is 93.0 cm³/mol. The Morgan fingerprint density at radius 2 is 1.95 bits per heavy atom. The zero-order valence-corrected chi connectivity index (χ0v) is 15.0. The van der Waals surface area contributed by atoms with E-state index in [1.165, 1.54) is 4.90 Å². The van der Waals surface area contributed by atoms with Crippen LogP contribution in [0.2, 0.25) is 0 Å². The van der Waals surface area contributed by atoms with Crippen molar-refractivity contribution in [3.05, 3.63) is 39.1 Å². The Bertz CT molecular complexity index is 648. The molecule has 106 valence electrons. The van der Waals surface area contributed by atoms with E-state index in [4.69, 9.17) is 12.2 Å². The number of thioether (sulfide) groups is 1. The number of halogens is 1. The molecule has 0 aliphatic heterocycles. The van der Waals surface area contributed by atoms with E-state index >= 15 is 0 Å². The second kappa shape index (κ2) is 6.87. The molecule has 0 saturated carbocycles. The first-order valence-electron chi connectivity index (χ1n) is 6.55. The summed E-state index contributed by atoms with van der Waals surface area (Å²) in [6.07, 6.45) is 0. The van der Waals surface area contributed by atoms with E-state index in [1.807, 2.05) is 11.8 Å². The zero-order chi connectivity index (χ0) is 14.7. The van der Waals surface area contributed by atoms with Crippen molar-refractivity contribution in [1.29, 1.82) is 0 Å². The first-order chi connectivity index (χ1) is 9.52. The van der Waals surface area contributed by atoms with E-state index in [0.717, 1.165) is 27.3 Å². The molecule has 0 atom stereocenters. The Balaban J connectivity index is 2.44. The predicted octanol–water partition coefficient (Wildman–Crippen LogP) is 5.80. The van der Waals surface area contributed by atoms with Crippen LogP contribution >= 0.6 is 39.9 Å². The average Bonchev–Trinajstić information content (AvgIpc) is 2.42. The molecular formula is C15H17BrN2S2. The van der Waals surface area contributed by atoms with Gasteiger partial charge in [-0.05, 0) is 39.7 Å². The summed E-state index contributed by atoms with van der Waals surface area (Å²) in [4.78, 5) is 9.13. The maximum atomic E-state index is 5.33. The Labute approximate surface area is 137 Å². The lowest BCUT2D eigenvalue weighted by Crippen LogP contribution is -2.00. The normalized spacial score (nSPS) is 11.1. The number of nitrogens with zero attached hydrogens (tertiary/aromatic N) is 1. The molecule has 1 aromatic carbocycles. The molecule has 0 bridgehead atoms. The van der Waals surface area contributed by atoms with Gasteiger partial charge in [-0.15, -0.1) is 11.8 Å². The minimum absolute atomic E-state index is 0.364. The van der Waals surface area contributed by atoms with Gasteiger partial charge in [0.25, 0.3) is 0 Å². The number of rotatable bonds is 4. The van der Waals surface area contributed by atoms with Crippen molar-refractivity contribution < 1.29 is 0 Å². The molecular weight excluding hydrogens is 352 g/mol. The first kappa shape index (κ1) is 15.7. The fourth-order valence-electron chi connectivity index (χ4n) is 1.89. The van der Waals surface area contributed by atoms with Gasteiger partial charge in [-0.3, -0.25) is 0 Å². The Morgan fingerprint density at radius 3 is 2.50 bits per heavy atom. The summed E-state index contributed by atoms with van der Waals surface area (Å²) in [5.41, 5.74) is 2.15. The Hall–Kier alpha value is -0.650. The van der Waals surface area contributed by atoms with Gasteiger partial charge in [0.15, 0.2) is 0 Å². The minimum atomic E-state index is 0.364. The van der Waals surface area contributed by atoms with Crippen LogP contribution in [0.25, 0.3) is 11.4 Å². The van der Waals surface area contributed by atoms with Gasteiger partial charge < -0.3 is 4.98 Å². The number of aromatic nitrogens is 2. The van der Waals surface area contributed by atoms with Crippen LogP contribution < -0.4 is 0 Å². The average molecular weight is 369 g/mol. The standard InChI is InChI=1S/C15H17BrN2S2/c1-4-20-11-7-5-10(6-8-11)14-17-13(9(2)3)12(16)15(19)18-14/h5-9H,4H2,1-3H3,(H,17,18,19). The molecule has 0 saturated heterocycles. The molecule has 1 heterocycles. The van der Waals surface area contributed by atoms with Crippen LogP contribution in [-0.4, -0.2) is 15.7 Å². The van der Waals surface area contributed by atoms with E-state index in [-0.39, 0.29) is 0 Å². The molecule has 5 heteroatoms. The summed E-state index contributed by atoms with van der Waals surface area (Å²) in [6, 6.07) is 8.42. The summed E-state index contributed by atoms with van der Waals surface area (Å²) in [7, 11) is 0. The lowest BCUT2D eigenvalue weighted by Gasteiger charge is -2.11. The Morgan fingerprint density at radius 1 is 1.30 bits per heavy atom. The lowest BCUT2D eigenvalue weighted by atomic mass is 10.1. The number of aromatic amines is 1. The van der Waals surface area contributed by atoms with E-state index in [1.54, 1.807) is 0 Å². The topological polar surface area (TPSA) is 28.7 Å². The third kappa shape index (κ3) is 3.51. The minimum Gasteiger partial charge on any atom is -0.342 e. The molecule has 20 heavy (non-hydrogen) atoms. The molecule has 1 aromatic heterocycles. The number of benzene rings is 1. The van der Waals surface area contributed by atoms with Gasteiger partial charge in [0.1, 0.15) is 10.5 Å². The molecule has 0 fully saturated rings. The molecule has 2 nitrogen and oxygen atoms in total. The van der Waals surface area contributed by atoms with Crippen molar-refractivity contribution in [2.45, 2.75) is 31.6 Å². The van der Waals surface area contributed by atoms with E-state index in [0.29, 0.717) is 10.6 Å². The molecule has 0 unspecified atom stereocenters. The molecule has 0 aliphatic rings. The molecule has 2 rings (SSSR count). The molecule has 0 aliphatic carbocycles. The molecule has 0 radical (unpaired) electrons. The third-order valence-corrected chi connectivity index (χ3v) is 5.16. The maximum Gasteiger partial charge on any atom is 0.144 e. The second-order valence-corrected chi connectivity index (χ2v) is 7.25. The van der Waals surface area contributed by atoms with Crippen molar-refractivity contribution in [1.82, 2.24) is 9.97 Å². The highest BCUT2D eigenvalue weighted by atomic mass is 79.9. The number of hydrogen-bond donors (Lipinski definition) is 1. The summed E-state index contributed by atoms with van der Waals surface area (Å²) < 4.78 is 1.50. The number of hydrogen-bond acceptors (Lipinski definition) is 3. The van der Waals surface area contributed by atoms with Crippen LogP contribution in [0.1, 0.15) is 32.4 Å². The van der Waals surface area contributed by atoms with Gasteiger partial charge in [0.2, 0.25) is 0 Å². The highest BCUT2D eigenvalue weighted by molar-refractivity contribution is 9.10. The van der Waals surface area contributed by atoms with Crippen LogP contribution in [0.5, 0.6) is 0 Å². The summed E-state index contributed by atoms with van der Waals surface area (Å²) >= 11 is 10.7. The smallest absolute Gasteiger partial charge is 0.144 e. The first-order valence-corrected chi connectivity index (χ1v) is 8.74. The number of nitrogens with one attached hydrogen (secondary N) is 1. The van der Waals surface area contributed by atoms with Crippen LogP contribution in [0, 0.1) is 4.64 Å². The molecule has 0 amide bonds. The van der Waals surface area contributed by atoms with Crippen molar-refractivity contribution in [3.8, 4) is 11.4 Å². The summed E-state index contributed by atoms with van der Waals surface area (Å²) in [5, 5.41) is 0. The Kier molecular flexibility index (Phi) is 5.41. The maximum absolute atomic E-state index is 5.33. The fraction of sp³-hybridized carbons (Fsp3) is 0.333. The van der Waals surface area contributed by atoms with E-state index < -0.39 is 0 Å². The van der Waals surface area contributed by atoms with Crippen molar-refractivity contribution in [2.75, 3.05) is 5.75 Å². The second-order valence-electron chi connectivity index (χ2n) is 4.73. The largest absolute Gasteiger partial charge is 0.342 e. The van der Waals surface area contributed by atoms with Gasteiger partial charge in [0, 0.05) is 16.2 Å². The van der Waals surface area contributed by atoms with Crippen molar-refractivity contribution in [3.63, 3.8) is 0 Å². The van der Waals surface area contributed by atoms with Crippen LogP contribution in [0.15, 0.2) is 33.6 Å². The van der Waals surface area contributed by atoms with Crippen LogP contribution in [-0.2, 0) is 0 Å². The SMILES string of the molecule is CCSc1ccc(-c2nc(=S)c(Br)c(C(C)C)[nH]2)cc1. The van der Waals surface area contributed by atoms with Crippen molar-refractivity contribution in [2.24, 2.45) is 0 Å². The molecule has 0 spiro atoms. The fourth-order valence-corrected chi connectivity index (χ4v) is 3.40. The van der Waals surface area contributed by atoms with Crippen LogP contribution in [0.4, 0.5) is 0 Å². The third-order valence-electron chi connectivity index (χ3n) is 2.91. The zero-order valence-electron chi connectivity index (χ0n) is 11.7. The summed E-state index contributed by atoms with van der Waals surface area (Å²) in [5.74, 6) is 2.27. The van der Waals surface area contributed by atoms with Gasteiger partial charge >= 0.3 is 0 Å². The molecule has 1 N–H and O–H groups in total. The van der Waals surface area contributed by atoms with Gasteiger partial charge in [-0.1, -0.05) is 45.1 Å². The van der Waals surface area contributed by atoms with E-state index in [2.05, 4.69) is 70.9 Å². The lowest BCUT2D eigenvalue weighted by molar-refractivity contribution is 0.807. The van der Waals surface area contributed by atoms with E-state index in [9.17, 15) is 0 Å². The van der Waals surface area contributed by atoms with Crippen LogP contribution in [0.3, 0.4) is 0 Å². The molecule has 2 aromatic rings. The van der Waals surface area contributed by atoms with Gasteiger partial charge in [-0.2, -0.15) is 0 Å². The monoisotopic (exact) mass is 368 g/mol. The van der Waals surface area contributed by atoms with Crippen molar-refractivity contribution >= 4 is 39.9 Å². The highest BCUT2D eigenvalue weighted by Crippen LogP contribution is 2.27. The number of H-pyrrole nitrogens is 1. The van der Waals surface area contributed by atoms with Gasteiger partial charge in [0.05, 0.1) is 4.47 Å². The quantitative estimate of drug-likeness (QED) is 0.545.